The number of likely N-dealkylation sites (tertiary alicyclic amines) is 1. The van der Waals surface area contributed by atoms with Crippen LogP contribution in [0.3, 0.4) is 0 Å². The van der Waals surface area contributed by atoms with Crippen LogP contribution in [-0.2, 0) is 14.4 Å². The monoisotopic (exact) mass is 242 g/mol. The molecule has 2 N–H and O–H groups in total. The zero-order valence-corrected chi connectivity index (χ0v) is 10.1. The number of hydrogen-bond acceptors (Lipinski definition) is 3. The number of rotatable bonds is 4. The summed E-state index contributed by atoms with van der Waals surface area (Å²) in [5.41, 5.74) is 0. The molecule has 0 aromatic rings. The first-order valence-corrected chi connectivity index (χ1v) is 5.70. The number of aliphatic carboxylic acids is 1. The zero-order valence-electron chi connectivity index (χ0n) is 10.1. The van der Waals surface area contributed by atoms with Crippen molar-refractivity contribution in [2.75, 3.05) is 13.1 Å². The summed E-state index contributed by atoms with van der Waals surface area (Å²) >= 11 is 0. The van der Waals surface area contributed by atoms with Crippen molar-refractivity contribution >= 4 is 17.8 Å². The summed E-state index contributed by atoms with van der Waals surface area (Å²) in [7, 11) is 0. The maximum absolute atomic E-state index is 11.8. The van der Waals surface area contributed by atoms with Gasteiger partial charge in [0.1, 0.15) is 6.04 Å². The molecule has 0 saturated carbocycles. The molecule has 1 saturated heterocycles. The fraction of sp³-hybridized carbons (Fsp3) is 0.727. The Labute approximate surface area is 100.0 Å². The average Bonchev–Trinajstić information content (AvgIpc) is 2.59. The second-order valence-electron chi connectivity index (χ2n) is 4.37. The topological polar surface area (TPSA) is 86.7 Å². The molecule has 2 unspecified atom stereocenters. The normalized spacial score (nSPS) is 23.5. The van der Waals surface area contributed by atoms with Crippen molar-refractivity contribution in [3.8, 4) is 0 Å². The first-order valence-electron chi connectivity index (χ1n) is 5.70. The highest BCUT2D eigenvalue weighted by Crippen LogP contribution is 2.24. The van der Waals surface area contributed by atoms with Gasteiger partial charge in [-0.05, 0) is 12.3 Å². The Bertz CT molecular complexity index is 329. The molecule has 96 valence electrons. The SMILES string of the molecule is CC(=O)NCCC(=O)N1CCC(C)C1C(=O)O. The molecule has 2 atom stereocenters. The van der Waals surface area contributed by atoms with E-state index in [1.54, 1.807) is 0 Å². The standard InChI is InChI=1S/C11H18N2O4/c1-7-4-6-13(10(7)11(16)17)9(15)3-5-12-8(2)14/h7,10H,3-6H2,1-2H3,(H,12,14)(H,16,17). The van der Waals surface area contributed by atoms with E-state index in [2.05, 4.69) is 5.32 Å². The second-order valence-corrected chi connectivity index (χ2v) is 4.37. The molecule has 1 fully saturated rings. The van der Waals surface area contributed by atoms with E-state index in [9.17, 15) is 14.4 Å². The van der Waals surface area contributed by atoms with Gasteiger partial charge in [0, 0.05) is 26.4 Å². The van der Waals surface area contributed by atoms with Gasteiger partial charge in [0.25, 0.3) is 0 Å². The Morgan fingerprint density at radius 1 is 1.41 bits per heavy atom. The number of hydrogen-bond donors (Lipinski definition) is 2. The summed E-state index contributed by atoms with van der Waals surface area (Å²) in [5.74, 6) is -1.38. The smallest absolute Gasteiger partial charge is 0.326 e. The Morgan fingerprint density at radius 3 is 2.59 bits per heavy atom. The maximum Gasteiger partial charge on any atom is 0.326 e. The summed E-state index contributed by atoms with van der Waals surface area (Å²) in [6.45, 7) is 3.95. The van der Waals surface area contributed by atoms with Gasteiger partial charge in [0.05, 0.1) is 0 Å². The molecular formula is C11H18N2O4. The van der Waals surface area contributed by atoms with E-state index >= 15 is 0 Å². The summed E-state index contributed by atoms with van der Waals surface area (Å²) in [6.07, 6.45) is 0.860. The van der Waals surface area contributed by atoms with Gasteiger partial charge in [-0.25, -0.2) is 4.79 Å². The minimum absolute atomic E-state index is 0.0165. The molecule has 0 radical (unpaired) electrons. The molecule has 0 spiro atoms. The Balaban J connectivity index is 2.51. The van der Waals surface area contributed by atoms with Gasteiger partial charge in [-0.2, -0.15) is 0 Å². The minimum atomic E-state index is -0.956. The highest BCUT2D eigenvalue weighted by Gasteiger charge is 2.38. The fourth-order valence-electron chi connectivity index (χ4n) is 2.09. The van der Waals surface area contributed by atoms with Crippen LogP contribution in [0.25, 0.3) is 0 Å². The predicted octanol–water partition coefficient (Wildman–Crippen LogP) is -0.166. The lowest BCUT2D eigenvalue weighted by Crippen LogP contribution is -2.43. The van der Waals surface area contributed by atoms with E-state index in [-0.39, 0.29) is 30.7 Å². The van der Waals surface area contributed by atoms with E-state index in [4.69, 9.17) is 5.11 Å². The summed E-state index contributed by atoms with van der Waals surface area (Å²) in [6, 6.07) is -0.722. The van der Waals surface area contributed by atoms with Crippen LogP contribution in [0.2, 0.25) is 0 Å². The van der Waals surface area contributed by atoms with Crippen LogP contribution in [0, 0.1) is 5.92 Å². The molecule has 1 heterocycles. The van der Waals surface area contributed by atoms with E-state index in [0.29, 0.717) is 13.0 Å². The molecule has 0 aromatic heterocycles. The van der Waals surface area contributed by atoms with Gasteiger partial charge in [-0.15, -0.1) is 0 Å². The Kier molecular flexibility index (Phi) is 4.48. The fourth-order valence-corrected chi connectivity index (χ4v) is 2.09. The molecule has 0 aromatic carbocycles. The van der Waals surface area contributed by atoms with Gasteiger partial charge in [-0.3, -0.25) is 9.59 Å². The zero-order chi connectivity index (χ0) is 13.0. The predicted molar refractivity (Wildman–Crippen MR) is 60.2 cm³/mol. The van der Waals surface area contributed by atoms with Crippen molar-refractivity contribution in [3.05, 3.63) is 0 Å². The van der Waals surface area contributed by atoms with E-state index in [1.165, 1.54) is 11.8 Å². The molecule has 1 aliphatic heterocycles. The van der Waals surface area contributed by atoms with Crippen molar-refractivity contribution < 1.29 is 19.5 Å². The molecule has 0 bridgehead atoms. The Hall–Kier alpha value is -1.59. The number of amides is 2. The molecule has 1 aliphatic rings. The number of carboxylic acid groups (broad SMARTS) is 1. The third-order valence-corrected chi connectivity index (χ3v) is 2.99. The van der Waals surface area contributed by atoms with Gasteiger partial charge < -0.3 is 15.3 Å². The van der Waals surface area contributed by atoms with Crippen molar-refractivity contribution in [1.29, 1.82) is 0 Å². The number of carbonyl (C=O) groups is 3. The third kappa shape index (κ3) is 3.44. The van der Waals surface area contributed by atoms with Crippen molar-refractivity contribution in [3.63, 3.8) is 0 Å². The number of carbonyl (C=O) groups excluding carboxylic acids is 2. The van der Waals surface area contributed by atoms with E-state index in [1.807, 2.05) is 6.92 Å². The molecule has 6 nitrogen and oxygen atoms in total. The van der Waals surface area contributed by atoms with Gasteiger partial charge in [0.15, 0.2) is 0 Å². The largest absolute Gasteiger partial charge is 0.480 e. The van der Waals surface area contributed by atoms with Crippen LogP contribution in [0.15, 0.2) is 0 Å². The van der Waals surface area contributed by atoms with Crippen LogP contribution in [0.4, 0.5) is 0 Å². The van der Waals surface area contributed by atoms with Crippen LogP contribution in [-0.4, -0.2) is 46.9 Å². The quantitative estimate of drug-likeness (QED) is 0.717. The van der Waals surface area contributed by atoms with Crippen molar-refractivity contribution in [2.45, 2.75) is 32.7 Å². The molecule has 0 aliphatic carbocycles. The average molecular weight is 242 g/mol. The van der Waals surface area contributed by atoms with E-state index < -0.39 is 12.0 Å². The number of carboxylic acids is 1. The Morgan fingerprint density at radius 2 is 2.06 bits per heavy atom. The first-order chi connectivity index (χ1) is 7.93. The minimum Gasteiger partial charge on any atom is -0.480 e. The van der Waals surface area contributed by atoms with Crippen LogP contribution < -0.4 is 5.32 Å². The lowest BCUT2D eigenvalue weighted by atomic mass is 10.0. The number of nitrogens with one attached hydrogen (secondary N) is 1. The second kappa shape index (κ2) is 5.65. The van der Waals surface area contributed by atoms with Crippen molar-refractivity contribution in [1.82, 2.24) is 10.2 Å². The summed E-state index contributed by atoms with van der Waals surface area (Å²) in [4.78, 5) is 34.9. The molecule has 6 heteroatoms. The van der Waals surface area contributed by atoms with Crippen LogP contribution in [0.5, 0.6) is 0 Å². The highest BCUT2D eigenvalue weighted by molar-refractivity contribution is 5.85. The first kappa shape index (κ1) is 13.5. The lowest BCUT2D eigenvalue weighted by Gasteiger charge is -2.23. The summed E-state index contributed by atoms with van der Waals surface area (Å²) < 4.78 is 0. The van der Waals surface area contributed by atoms with Crippen molar-refractivity contribution in [2.24, 2.45) is 5.92 Å². The summed E-state index contributed by atoms with van der Waals surface area (Å²) in [5, 5.41) is 11.6. The molecule has 2 amide bonds. The van der Waals surface area contributed by atoms with Crippen LogP contribution in [0.1, 0.15) is 26.7 Å². The van der Waals surface area contributed by atoms with Crippen LogP contribution >= 0.6 is 0 Å². The van der Waals surface area contributed by atoms with Gasteiger partial charge in [0.2, 0.25) is 11.8 Å². The van der Waals surface area contributed by atoms with Gasteiger partial charge in [-0.1, -0.05) is 6.92 Å². The number of nitrogens with zero attached hydrogens (tertiary/aromatic N) is 1. The maximum atomic E-state index is 11.8. The van der Waals surface area contributed by atoms with Gasteiger partial charge >= 0.3 is 5.97 Å². The highest BCUT2D eigenvalue weighted by atomic mass is 16.4. The molecule has 1 rings (SSSR count). The molecular weight excluding hydrogens is 224 g/mol. The molecule has 17 heavy (non-hydrogen) atoms. The lowest BCUT2D eigenvalue weighted by molar-refractivity contribution is -0.149. The van der Waals surface area contributed by atoms with E-state index in [0.717, 1.165) is 0 Å². The third-order valence-electron chi connectivity index (χ3n) is 2.99.